The fourth-order valence-corrected chi connectivity index (χ4v) is 1.93. The molecule has 0 bridgehead atoms. The Morgan fingerprint density at radius 2 is 1.87 bits per heavy atom. The van der Waals surface area contributed by atoms with Crippen LogP contribution in [0.25, 0.3) is 0 Å². The topological polar surface area (TPSA) is 9.23 Å². The van der Waals surface area contributed by atoms with Crippen LogP contribution in [0.2, 0.25) is 0 Å². The van der Waals surface area contributed by atoms with E-state index in [1.54, 1.807) is 0 Å². The van der Waals surface area contributed by atoms with E-state index < -0.39 is 0 Å². The Labute approximate surface area is 101 Å². The minimum Gasteiger partial charge on any atom is -0.381 e. The molecular weight excluding hydrogens is 208 g/mol. The molecule has 0 aromatic carbocycles. The van der Waals surface area contributed by atoms with Crippen LogP contribution >= 0.6 is 11.6 Å². The number of rotatable bonds is 10. The fourth-order valence-electron chi connectivity index (χ4n) is 1.74. The molecule has 0 N–H and O–H groups in total. The summed E-state index contributed by atoms with van der Waals surface area (Å²) in [6, 6.07) is 0. The lowest BCUT2D eigenvalue weighted by Crippen LogP contribution is -2.12. The minimum atomic E-state index is 0.748. The molecule has 2 heteroatoms. The van der Waals surface area contributed by atoms with Gasteiger partial charge in [0, 0.05) is 19.1 Å². The highest BCUT2D eigenvalue weighted by molar-refractivity contribution is 6.17. The van der Waals surface area contributed by atoms with Crippen LogP contribution in [0, 0.1) is 11.8 Å². The van der Waals surface area contributed by atoms with Gasteiger partial charge >= 0.3 is 0 Å². The summed E-state index contributed by atoms with van der Waals surface area (Å²) in [5.74, 6) is 2.32. The van der Waals surface area contributed by atoms with Crippen molar-refractivity contribution in [2.75, 3.05) is 19.1 Å². The zero-order valence-corrected chi connectivity index (χ0v) is 11.4. The molecule has 0 aromatic heterocycles. The van der Waals surface area contributed by atoms with E-state index in [0.29, 0.717) is 0 Å². The highest BCUT2D eigenvalue weighted by Gasteiger charge is 2.08. The molecule has 0 aromatic rings. The number of ether oxygens (including phenoxy) is 1. The van der Waals surface area contributed by atoms with Gasteiger partial charge in [0.05, 0.1) is 0 Å². The highest BCUT2D eigenvalue weighted by atomic mass is 35.5. The van der Waals surface area contributed by atoms with Crippen LogP contribution in [0.5, 0.6) is 0 Å². The summed E-state index contributed by atoms with van der Waals surface area (Å²) in [5, 5.41) is 0. The monoisotopic (exact) mass is 234 g/mol. The van der Waals surface area contributed by atoms with Crippen LogP contribution < -0.4 is 0 Å². The standard InChI is InChI=1S/C13H27ClO/c1-4-13(10-12(2)3)11-15-9-7-5-6-8-14/h12-13H,4-11H2,1-3H3. The zero-order chi connectivity index (χ0) is 11.5. The van der Waals surface area contributed by atoms with Gasteiger partial charge in [0.25, 0.3) is 0 Å². The van der Waals surface area contributed by atoms with Gasteiger partial charge in [-0.3, -0.25) is 0 Å². The van der Waals surface area contributed by atoms with Gasteiger partial charge in [-0.1, -0.05) is 27.2 Å². The van der Waals surface area contributed by atoms with Crippen LogP contribution in [-0.4, -0.2) is 19.1 Å². The van der Waals surface area contributed by atoms with Crippen molar-refractivity contribution in [3.8, 4) is 0 Å². The Balaban J connectivity index is 3.30. The molecule has 1 nitrogen and oxygen atoms in total. The largest absolute Gasteiger partial charge is 0.381 e. The quantitative estimate of drug-likeness (QED) is 0.400. The Kier molecular flexibility index (Phi) is 10.9. The average Bonchev–Trinajstić information content (AvgIpc) is 2.20. The number of alkyl halides is 1. The third-order valence-corrected chi connectivity index (χ3v) is 2.93. The Bertz CT molecular complexity index is 126. The molecule has 0 aliphatic heterocycles. The molecule has 1 unspecified atom stereocenters. The van der Waals surface area contributed by atoms with Gasteiger partial charge in [-0.15, -0.1) is 11.6 Å². The van der Waals surface area contributed by atoms with Crippen molar-refractivity contribution in [3.63, 3.8) is 0 Å². The second-order valence-electron chi connectivity index (χ2n) is 4.73. The van der Waals surface area contributed by atoms with Crippen molar-refractivity contribution in [1.29, 1.82) is 0 Å². The summed E-state index contributed by atoms with van der Waals surface area (Å²) >= 11 is 5.60. The second kappa shape index (κ2) is 10.8. The molecule has 0 amide bonds. The molecule has 0 aliphatic rings. The number of unbranched alkanes of at least 4 members (excludes halogenated alkanes) is 2. The predicted molar refractivity (Wildman–Crippen MR) is 68.6 cm³/mol. The Hall–Kier alpha value is 0.250. The van der Waals surface area contributed by atoms with E-state index in [4.69, 9.17) is 16.3 Å². The predicted octanol–water partition coefficient (Wildman–Crippen LogP) is 4.48. The summed E-state index contributed by atoms with van der Waals surface area (Å²) in [6.07, 6.45) is 6.00. The lowest BCUT2D eigenvalue weighted by Gasteiger charge is -2.17. The van der Waals surface area contributed by atoms with Gasteiger partial charge in [0.1, 0.15) is 0 Å². The van der Waals surface area contributed by atoms with Crippen LogP contribution in [-0.2, 0) is 4.74 Å². The second-order valence-corrected chi connectivity index (χ2v) is 5.11. The Morgan fingerprint density at radius 1 is 1.13 bits per heavy atom. The molecule has 0 aliphatic carbocycles. The molecule has 1 atom stereocenters. The normalized spacial score (nSPS) is 13.4. The summed E-state index contributed by atoms with van der Waals surface area (Å²) in [6.45, 7) is 8.66. The molecule has 0 saturated carbocycles. The molecule has 0 spiro atoms. The highest BCUT2D eigenvalue weighted by Crippen LogP contribution is 2.15. The van der Waals surface area contributed by atoms with Crippen LogP contribution in [0.1, 0.15) is 52.9 Å². The molecule has 0 heterocycles. The van der Waals surface area contributed by atoms with Crippen molar-refractivity contribution in [2.24, 2.45) is 11.8 Å². The van der Waals surface area contributed by atoms with Gasteiger partial charge in [-0.2, -0.15) is 0 Å². The van der Waals surface area contributed by atoms with Crippen molar-refractivity contribution in [2.45, 2.75) is 52.9 Å². The van der Waals surface area contributed by atoms with Gasteiger partial charge in [-0.05, 0) is 37.5 Å². The third-order valence-electron chi connectivity index (χ3n) is 2.66. The van der Waals surface area contributed by atoms with Crippen molar-refractivity contribution >= 4 is 11.6 Å². The molecule has 0 fully saturated rings. The van der Waals surface area contributed by atoms with Crippen molar-refractivity contribution in [1.82, 2.24) is 0 Å². The third kappa shape index (κ3) is 10.5. The van der Waals surface area contributed by atoms with Crippen molar-refractivity contribution in [3.05, 3.63) is 0 Å². The van der Waals surface area contributed by atoms with Crippen LogP contribution in [0.15, 0.2) is 0 Å². The molecule has 0 radical (unpaired) electrons. The van der Waals surface area contributed by atoms with E-state index in [-0.39, 0.29) is 0 Å². The lowest BCUT2D eigenvalue weighted by molar-refractivity contribution is 0.0874. The average molecular weight is 235 g/mol. The van der Waals surface area contributed by atoms with E-state index in [1.807, 2.05) is 0 Å². The number of hydrogen-bond donors (Lipinski definition) is 0. The first-order valence-corrected chi connectivity index (χ1v) is 6.87. The van der Waals surface area contributed by atoms with Gasteiger partial charge in [-0.25, -0.2) is 0 Å². The molecule has 0 saturated heterocycles. The minimum absolute atomic E-state index is 0.748. The molecule has 92 valence electrons. The summed E-state index contributed by atoms with van der Waals surface area (Å²) in [4.78, 5) is 0. The lowest BCUT2D eigenvalue weighted by atomic mass is 9.96. The number of halogens is 1. The molecule has 0 rings (SSSR count). The summed E-state index contributed by atoms with van der Waals surface area (Å²) < 4.78 is 5.69. The maximum absolute atomic E-state index is 5.69. The van der Waals surface area contributed by atoms with E-state index in [0.717, 1.165) is 43.8 Å². The van der Waals surface area contributed by atoms with Gasteiger partial charge in [0.2, 0.25) is 0 Å². The smallest absolute Gasteiger partial charge is 0.0494 e. The van der Waals surface area contributed by atoms with Crippen LogP contribution in [0.3, 0.4) is 0 Å². The zero-order valence-electron chi connectivity index (χ0n) is 10.6. The van der Waals surface area contributed by atoms with Gasteiger partial charge in [0.15, 0.2) is 0 Å². The van der Waals surface area contributed by atoms with E-state index in [9.17, 15) is 0 Å². The SMILES string of the molecule is CCC(COCCCCCCl)CC(C)C. The summed E-state index contributed by atoms with van der Waals surface area (Å²) in [7, 11) is 0. The maximum Gasteiger partial charge on any atom is 0.0494 e. The maximum atomic E-state index is 5.69. The van der Waals surface area contributed by atoms with E-state index >= 15 is 0 Å². The van der Waals surface area contributed by atoms with Crippen molar-refractivity contribution < 1.29 is 4.74 Å². The first-order chi connectivity index (χ1) is 7.20. The first kappa shape index (κ1) is 15.2. The van der Waals surface area contributed by atoms with E-state index in [2.05, 4.69) is 20.8 Å². The van der Waals surface area contributed by atoms with E-state index in [1.165, 1.54) is 19.3 Å². The fraction of sp³-hybridized carbons (Fsp3) is 1.00. The number of hydrogen-bond acceptors (Lipinski definition) is 1. The Morgan fingerprint density at radius 3 is 2.40 bits per heavy atom. The molecular formula is C13H27ClO. The van der Waals surface area contributed by atoms with Crippen LogP contribution in [0.4, 0.5) is 0 Å². The van der Waals surface area contributed by atoms with Gasteiger partial charge < -0.3 is 4.74 Å². The summed E-state index contributed by atoms with van der Waals surface area (Å²) in [5.41, 5.74) is 0. The first-order valence-electron chi connectivity index (χ1n) is 6.34. The molecule has 15 heavy (non-hydrogen) atoms.